The number of fused-ring (bicyclic) bond motifs is 2. The smallest absolute Gasteiger partial charge is 0.336 e. The number of benzene rings is 2. The van der Waals surface area contributed by atoms with Crippen LogP contribution in [-0.2, 0) is 24.3 Å². The molecule has 1 amide bonds. The quantitative estimate of drug-likeness (QED) is 0.616. The van der Waals surface area contributed by atoms with Crippen LogP contribution in [0, 0.1) is 6.92 Å². The maximum Gasteiger partial charge on any atom is 0.454 e. The van der Waals surface area contributed by atoms with Crippen molar-refractivity contribution in [2.75, 3.05) is 6.54 Å². The molecule has 0 saturated heterocycles. The number of rotatable bonds is 3. The van der Waals surface area contributed by atoms with Gasteiger partial charge in [-0.25, -0.2) is 0 Å². The summed E-state index contributed by atoms with van der Waals surface area (Å²) < 4.78 is 40.8. The molecule has 4 rings (SSSR count). The van der Waals surface area contributed by atoms with Crippen molar-refractivity contribution < 1.29 is 22.8 Å². The Morgan fingerprint density at radius 1 is 1.00 bits per heavy atom. The minimum atomic E-state index is -4.97. The highest BCUT2D eigenvalue weighted by atomic mass is 19.4. The predicted octanol–water partition coefficient (Wildman–Crippen LogP) is 4.28. The number of aromatic nitrogens is 1. The minimum Gasteiger partial charge on any atom is -0.336 e. The molecule has 0 N–H and O–H groups in total. The second kappa shape index (κ2) is 7.06. The molecule has 4 nitrogen and oxygen atoms in total. The van der Waals surface area contributed by atoms with Gasteiger partial charge in [0.15, 0.2) is 0 Å². The third-order valence-electron chi connectivity index (χ3n) is 5.49. The van der Waals surface area contributed by atoms with Crippen LogP contribution in [-0.4, -0.2) is 33.9 Å². The fourth-order valence-corrected chi connectivity index (χ4v) is 4.01. The molecule has 0 atom stereocenters. The van der Waals surface area contributed by atoms with Crippen molar-refractivity contribution in [3.05, 3.63) is 70.9 Å². The van der Waals surface area contributed by atoms with Crippen molar-refractivity contribution in [1.29, 1.82) is 0 Å². The monoisotopic (exact) mass is 400 g/mol. The first-order chi connectivity index (χ1) is 13.8. The van der Waals surface area contributed by atoms with E-state index in [0.717, 1.165) is 12.0 Å². The second-order valence-electron chi connectivity index (χ2n) is 7.22. The summed E-state index contributed by atoms with van der Waals surface area (Å²) in [6.45, 7) is 2.38. The molecule has 1 aliphatic rings. The number of hydrogen-bond donors (Lipinski definition) is 0. The average molecular weight is 400 g/mol. The Bertz CT molecular complexity index is 1110. The third-order valence-corrected chi connectivity index (χ3v) is 5.49. The Morgan fingerprint density at radius 2 is 1.66 bits per heavy atom. The van der Waals surface area contributed by atoms with E-state index in [-0.39, 0.29) is 29.1 Å². The molecule has 0 aliphatic carbocycles. The molecule has 29 heavy (non-hydrogen) atoms. The van der Waals surface area contributed by atoms with Gasteiger partial charge in [-0.3, -0.25) is 9.59 Å². The Labute approximate surface area is 165 Å². The molecule has 7 heteroatoms. The first-order valence-corrected chi connectivity index (χ1v) is 9.31. The lowest BCUT2D eigenvalue weighted by Crippen LogP contribution is -2.38. The van der Waals surface area contributed by atoms with Gasteiger partial charge in [-0.2, -0.15) is 13.2 Å². The second-order valence-corrected chi connectivity index (χ2v) is 7.22. The maximum atomic E-state index is 13.1. The van der Waals surface area contributed by atoms with Gasteiger partial charge >= 0.3 is 6.18 Å². The summed E-state index contributed by atoms with van der Waals surface area (Å²) in [6, 6.07) is 14.3. The van der Waals surface area contributed by atoms with Crippen molar-refractivity contribution in [2.24, 2.45) is 0 Å². The summed E-state index contributed by atoms with van der Waals surface area (Å²) in [5.41, 5.74) is 2.50. The SMILES string of the molecule is Cc1c(C(=O)C(F)(F)F)c2ccccc2n1CC(=O)N1CCc2ccccc2C1. The highest BCUT2D eigenvalue weighted by Gasteiger charge is 2.42. The first-order valence-electron chi connectivity index (χ1n) is 9.31. The molecular weight excluding hydrogens is 381 g/mol. The van der Waals surface area contributed by atoms with Gasteiger partial charge in [0, 0.05) is 29.7 Å². The van der Waals surface area contributed by atoms with E-state index in [2.05, 4.69) is 0 Å². The van der Waals surface area contributed by atoms with Crippen LogP contribution in [0.25, 0.3) is 10.9 Å². The molecule has 2 heterocycles. The number of ketones is 1. The van der Waals surface area contributed by atoms with E-state index in [0.29, 0.717) is 18.6 Å². The van der Waals surface area contributed by atoms with E-state index in [9.17, 15) is 22.8 Å². The topological polar surface area (TPSA) is 42.3 Å². The van der Waals surface area contributed by atoms with Crippen LogP contribution in [0.15, 0.2) is 48.5 Å². The maximum absolute atomic E-state index is 13.1. The van der Waals surface area contributed by atoms with E-state index < -0.39 is 12.0 Å². The molecule has 150 valence electrons. The summed E-state index contributed by atoms with van der Waals surface area (Å²) >= 11 is 0. The number of hydrogen-bond acceptors (Lipinski definition) is 2. The summed E-state index contributed by atoms with van der Waals surface area (Å²) in [4.78, 5) is 26.7. The molecule has 0 fully saturated rings. The van der Waals surface area contributed by atoms with Crippen molar-refractivity contribution in [1.82, 2.24) is 9.47 Å². The molecule has 0 bridgehead atoms. The van der Waals surface area contributed by atoms with Gasteiger partial charge in [0.25, 0.3) is 5.78 Å². The number of amides is 1. The van der Waals surface area contributed by atoms with Crippen molar-refractivity contribution in [2.45, 2.75) is 32.6 Å². The number of carbonyl (C=O) groups excluding carboxylic acids is 2. The van der Waals surface area contributed by atoms with Gasteiger partial charge in [-0.05, 0) is 30.5 Å². The molecular formula is C22H19F3N2O2. The minimum absolute atomic E-state index is 0.111. The average Bonchev–Trinajstić information content (AvgIpc) is 2.98. The van der Waals surface area contributed by atoms with Crippen molar-refractivity contribution in [3.8, 4) is 0 Å². The van der Waals surface area contributed by atoms with Crippen molar-refractivity contribution >= 4 is 22.6 Å². The van der Waals surface area contributed by atoms with E-state index in [1.165, 1.54) is 23.1 Å². The zero-order valence-electron chi connectivity index (χ0n) is 15.8. The van der Waals surface area contributed by atoms with E-state index in [4.69, 9.17) is 0 Å². The predicted molar refractivity (Wildman–Crippen MR) is 103 cm³/mol. The fraction of sp³-hybridized carbons (Fsp3) is 0.273. The molecule has 1 aromatic heterocycles. The van der Waals surface area contributed by atoms with Crippen LogP contribution in [0.4, 0.5) is 13.2 Å². The summed E-state index contributed by atoms with van der Waals surface area (Å²) in [6.07, 6.45) is -4.23. The number of carbonyl (C=O) groups is 2. The molecule has 0 unspecified atom stereocenters. The summed E-state index contributed by atoms with van der Waals surface area (Å²) in [5.74, 6) is -2.07. The Kier molecular flexibility index (Phi) is 4.68. The molecule has 2 aromatic carbocycles. The van der Waals surface area contributed by atoms with Crippen LogP contribution in [0.3, 0.4) is 0 Å². The number of nitrogens with zero attached hydrogens (tertiary/aromatic N) is 2. The zero-order valence-corrected chi connectivity index (χ0v) is 15.8. The number of Topliss-reactive ketones (excluding diaryl/α,β-unsaturated/α-hetero) is 1. The number of alkyl halides is 3. The summed E-state index contributed by atoms with van der Waals surface area (Å²) in [5, 5.41) is 0.212. The van der Waals surface area contributed by atoms with Gasteiger partial charge in [-0.15, -0.1) is 0 Å². The highest BCUT2D eigenvalue weighted by Crippen LogP contribution is 2.32. The van der Waals surface area contributed by atoms with E-state index >= 15 is 0 Å². The van der Waals surface area contributed by atoms with E-state index in [1.807, 2.05) is 24.3 Å². The van der Waals surface area contributed by atoms with E-state index in [1.54, 1.807) is 23.1 Å². The highest BCUT2D eigenvalue weighted by molar-refractivity contribution is 6.12. The summed E-state index contributed by atoms with van der Waals surface area (Å²) in [7, 11) is 0. The van der Waals surface area contributed by atoms with Crippen LogP contribution < -0.4 is 0 Å². The Morgan fingerprint density at radius 3 is 2.38 bits per heavy atom. The van der Waals surface area contributed by atoms with Gasteiger partial charge < -0.3 is 9.47 Å². The van der Waals surface area contributed by atoms with Gasteiger partial charge in [0.1, 0.15) is 6.54 Å². The zero-order chi connectivity index (χ0) is 20.8. The normalized spacial score (nSPS) is 14.1. The Hall–Kier alpha value is -3.09. The van der Waals surface area contributed by atoms with Gasteiger partial charge in [-0.1, -0.05) is 42.5 Å². The third kappa shape index (κ3) is 3.41. The van der Waals surface area contributed by atoms with Crippen LogP contribution in [0.5, 0.6) is 0 Å². The molecule has 0 radical (unpaired) electrons. The standard InChI is InChI=1S/C22H19F3N2O2/c1-14-20(21(29)22(23,24)25)17-8-4-5-9-18(17)27(14)13-19(28)26-11-10-15-6-2-3-7-16(15)12-26/h2-9H,10-13H2,1H3. The fourth-order valence-electron chi connectivity index (χ4n) is 4.01. The van der Waals surface area contributed by atoms with Crippen LogP contribution in [0.1, 0.15) is 27.2 Å². The number of halogens is 3. The molecule has 0 saturated carbocycles. The first kappa shape index (κ1) is 19.2. The largest absolute Gasteiger partial charge is 0.454 e. The lowest BCUT2D eigenvalue weighted by Gasteiger charge is -2.29. The Balaban J connectivity index is 1.68. The molecule has 3 aromatic rings. The van der Waals surface area contributed by atoms with Crippen LogP contribution >= 0.6 is 0 Å². The van der Waals surface area contributed by atoms with Gasteiger partial charge in [0.2, 0.25) is 5.91 Å². The lowest BCUT2D eigenvalue weighted by molar-refractivity contribution is -0.132. The lowest BCUT2D eigenvalue weighted by atomic mass is 10.00. The molecule has 0 spiro atoms. The van der Waals surface area contributed by atoms with Gasteiger partial charge in [0.05, 0.1) is 5.56 Å². The van der Waals surface area contributed by atoms with Crippen molar-refractivity contribution in [3.63, 3.8) is 0 Å². The van der Waals surface area contributed by atoms with Crippen LogP contribution in [0.2, 0.25) is 0 Å². The number of para-hydroxylation sites is 1. The molecule has 1 aliphatic heterocycles.